The molecule has 6 heteroatoms. The van der Waals surface area contributed by atoms with Crippen molar-refractivity contribution in [2.45, 2.75) is 6.54 Å². The number of carbonyl (C=O) groups excluding carboxylic acids is 1. The highest BCUT2D eigenvalue weighted by atomic mass is 16.5. The third kappa shape index (κ3) is 6.30. The van der Waals surface area contributed by atoms with Crippen molar-refractivity contribution in [1.29, 1.82) is 0 Å². The summed E-state index contributed by atoms with van der Waals surface area (Å²) in [5.41, 5.74) is 2.13. The Morgan fingerprint density at radius 3 is 2.42 bits per heavy atom. The lowest BCUT2D eigenvalue weighted by Gasteiger charge is -2.34. The van der Waals surface area contributed by atoms with Crippen LogP contribution in [0.3, 0.4) is 0 Å². The summed E-state index contributed by atoms with van der Waals surface area (Å²) in [4.78, 5) is 16.8. The number of carbonyl (C=O) groups is 1. The SMILES string of the molecule is O=C(/C=C/c1cnn(Cc2ccccc2)c1)N1CCN(CCOc2ccccc2)CC1. The van der Waals surface area contributed by atoms with Crippen LogP contribution in [0.2, 0.25) is 0 Å². The van der Waals surface area contributed by atoms with E-state index in [2.05, 4.69) is 22.1 Å². The Hall–Kier alpha value is -3.38. The normalized spacial score (nSPS) is 14.8. The van der Waals surface area contributed by atoms with Crippen molar-refractivity contribution in [1.82, 2.24) is 19.6 Å². The molecule has 1 fully saturated rings. The van der Waals surface area contributed by atoms with Gasteiger partial charge in [0.2, 0.25) is 5.91 Å². The number of benzene rings is 2. The summed E-state index contributed by atoms with van der Waals surface area (Å²) in [7, 11) is 0. The third-order valence-corrected chi connectivity index (χ3v) is 5.36. The highest BCUT2D eigenvalue weighted by Gasteiger charge is 2.19. The van der Waals surface area contributed by atoms with Gasteiger partial charge in [-0.2, -0.15) is 5.10 Å². The molecule has 0 saturated carbocycles. The van der Waals surface area contributed by atoms with E-state index in [1.807, 2.05) is 70.4 Å². The summed E-state index contributed by atoms with van der Waals surface area (Å²) in [6.07, 6.45) is 7.24. The Bertz CT molecular complexity index is 977. The standard InChI is InChI=1S/C25H28N4O2/c30-25(12-11-23-19-26-29(21-23)20-22-7-3-1-4-8-22)28-15-13-27(14-16-28)17-18-31-24-9-5-2-6-10-24/h1-12,19,21H,13-18,20H2/b12-11+. The molecule has 4 rings (SSSR count). The molecule has 1 aromatic heterocycles. The van der Waals surface area contributed by atoms with Gasteiger partial charge in [0.15, 0.2) is 0 Å². The summed E-state index contributed by atoms with van der Waals surface area (Å²) in [6.45, 7) is 5.46. The molecule has 2 aromatic carbocycles. The van der Waals surface area contributed by atoms with Crippen molar-refractivity contribution in [2.75, 3.05) is 39.3 Å². The first-order valence-corrected chi connectivity index (χ1v) is 10.7. The van der Waals surface area contributed by atoms with Crippen LogP contribution in [0.4, 0.5) is 0 Å². The average molecular weight is 417 g/mol. The van der Waals surface area contributed by atoms with E-state index < -0.39 is 0 Å². The molecule has 0 aliphatic carbocycles. The molecule has 160 valence electrons. The van der Waals surface area contributed by atoms with Crippen LogP contribution in [0.15, 0.2) is 79.1 Å². The molecule has 0 N–H and O–H groups in total. The largest absolute Gasteiger partial charge is 0.492 e. The molecule has 1 amide bonds. The average Bonchev–Trinajstić information content (AvgIpc) is 3.26. The van der Waals surface area contributed by atoms with Gasteiger partial charge in [0.05, 0.1) is 12.7 Å². The van der Waals surface area contributed by atoms with Gasteiger partial charge in [-0.3, -0.25) is 14.4 Å². The number of hydrogen-bond acceptors (Lipinski definition) is 4. The van der Waals surface area contributed by atoms with Gasteiger partial charge in [-0.15, -0.1) is 0 Å². The van der Waals surface area contributed by atoms with Gasteiger partial charge in [0.25, 0.3) is 0 Å². The lowest BCUT2D eigenvalue weighted by Crippen LogP contribution is -2.49. The van der Waals surface area contributed by atoms with Crippen molar-refractivity contribution in [3.8, 4) is 5.75 Å². The van der Waals surface area contributed by atoms with Crippen LogP contribution >= 0.6 is 0 Å². The topological polar surface area (TPSA) is 50.6 Å². The highest BCUT2D eigenvalue weighted by Crippen LogP contribution is 2.10. The minimum absolute atomic E-state index is 0.0518. The van der Waals surface area contributed by atoms with Crippen molar-refractivity contribution >= 4 is 12.0 Å². The zero-order valence-corrected chi connectivity index (χ0v) is 17.6. The predicted octanol–water partition coefficient (Wildman–Crippen LogP) is 3.17. The summed E-state index contributed by atoms with van der Waals surface area (Å²) in [5.74, 6) is 0.949. The maximum absolute atomic E-state index is 12.5. The number of hydrogen-bond donors (Lipinski definition) is 0. The molecule has 0 atom stereocenters. The van der Waals surface area contributed by atoms with Crippen molar-refractivity contribution in [3.63, 3.8) is 0 Å². The van der Waals surface area contributed by atoms with Crippen molar-refractivity contribution in [2.24, 2.45) is 0 Å². The van der Waals surface area contributed by atoms with Gasteiger partial charge >= 0.3 is 0 Å². The summed E-state index contributed by atoms with van der Waals surface area (Å²) >= 11 is 0. The van der Waals surface area contributed by atoms with E-state index in [4.69, 9.17) is 4.74 Å². The smallest absolute Gasteiger partial charge is 0.246 e. The summed E-state index contributed by atoms with van der Waals surface area (Å²) in [5, 5.41) is 4.38. The first-order chi connectivity index (χ1) is 15.3. The molecule has 6 nitrogen and oxygen atoms in total. The van der Waals surface area contributed by atoms with E-state index in [-0.39, 0.29) is 5.91 Å². The van der Waals surface area contributed by atoms with Crippen LogP contribution in [-0.4, -0.2) is 64.8 Å². The van der Waals surface area contributed by atoms with Gasteiger partial charge in [-0.05, 0) is 23.8 Å². The zero-order chi connectivity index (χ0) is 21.3. The van der Waals surface area contributed by atoms with Crippen LogP contribution in [0.5, 0.6) is 5.75 Å². The fourth-order valence-corrected chi connectivity index (χ4v) is 3.60. The number of nitrogens with zero attached hydrogens (tertiary/aromatic N) is 4. The summed E-state index contributed by atoms with van der Waals surface area (Å²) < 4.78 is 7.65. The van der Waals surface area contributed by atoms with Crippen LogP contribution in [-0.2, 0) is 11.3 Å². The molecular weight excluding hydrogens is 388 g/mol. The zero-order valence-electron chi connectivity index (χ0n) is 17.6. The number of para-hydroxylation sites is 1. The Morgan fingerprint density at radius 1 is 0.968 bits per heavy atom. The van der Waals surface area contributed by atoms with Gasteiger partial charge in [-0.25, -0.2) is 0 Å². The Morgan fingerprint density at radius 2 is 1.68 bits per heavy atom. The van der Waals surface area contributed by atoms with Gasteiger partial charge in [0, 0.05) is 50.6 Å². The summed E-state index contributed by atoms with van der Waals surface area (Å²) in [6, 6.07) is 20.1. The fraction of sp³-hybridized carbons (Fsp3) is 0.280. The molecule has 2 heterocycles. The van der Waals surface area contributed by atoms with Crippen LogP contribution in [0.25, 0.3) is 6.08 Å². The number of aromatic nitrogens is 2. The Balaban J connectivity index is 1.19. The number of amides is 1. The van der Waals surface area contributed by atoms with E-state index in [1.165, 1.54) is 5.56 Å². The van der Waals surface area contributed by atoms with E-state index in [0.29, 0.717) is 6.61 Å². The molecule has 0 bridgehead atoms. The molecule has 0 spiro atoms. The fourth-order valence-electron chi connectivity index (χ4n) is 3.60. The Labute approximate surface area is 183 Å². The van der Waals surface area contributed by atoms with E-state index in [0.717, 1.165) is 50.6 Å². The molecule has 1 saturated heterocycles. The van der Waals surface area contributed by atoms with Gasteiger partial charge in [-0.1, -0.05) is 48.5 Å². The molecule has 1 aliphatic heterocycles. The monoisotopic (exact) mass is 416 g/mol. The number of piperazine rings is 1. The molecular formula is C25H28N4O2. The predicted molar refractivity (Wildman–Crippen MR) is 122 cm³/mol. The second-order valence-electron chi connectivity index (χ2n) is 7.62. The van der Waals surface area contributed by atoms with Crippen molar-refractivity contribution < 1.29 is 9.53 Å². The van der Waals surface area contributed by atoms with E-state index in [9.17, 15) is 4.79 Å². The van der Waals surface area contributed by atoms with Crippen molar-refractivity contribution in [3.05, 3.63) is 90.3 Å². The van der Waals surface area contributed by atoms with Crippen LogP contribution in [0, 0.1) is 0 Å². The third-order valence-electron chi connectivity index (χ3n) is 5.36. The molecule has 0 unspecified atom stereocenters. The quantitative estimate of drug-likeness (QED) is 0.530. The van der Waals surface area contributed by atoms with Crippen LogP contribution < -0.4 is 4.74 Å². The highest BCUT2D eigenvalue weighted by molar-refractivity contribution is 5.91. The minimum atomic E-state index is 0.0518. The minimum Gasteiger partial charge on any atom is -0.492 e. The number of ether oxygens (including phenoxy) is 1. The molecule has 3 aromatic rings. The number of rotatable bonds is 8. The second-order valence-corrected chi connectivity index (χ2v) is 7.62. The maximum atomic E-state index is 12.5. The first-order valence-electron chi connectivity index (χ1n) is 10.7. The maximum Gasteiger partial charge on any atom is 0.246 e. The van der Waals surface area contributed by atoms with E-state index >= 15 is 0 Å². The first kappa shape index (κ1) is 20.9. The molecule has 0 radical (unpaired) electrons. The molecule has 31 heavy (non-hydrogen) atoms. The van der Waals surface area contributed by atoms with Gasteiger partial charge < -0.3 is 9.64 Å². The van der Waals surface area contributed by atoms with Crippen LogP contribution in [0.1, 0.15) is 11.1 Å². The second kappa shape index (κ2) is 10.6. The molecule has 1 aliphatic rings. The lowest BCUT2D eigenvalue weighted by atomic mass is 10.2. The van der Waals surface area contributed by atoms with E-state index in [1.54, 1.807) is 12.3 Å². The van der Waals surface area contributed by atoms with Gasteiger partial charge in [0.1, 0.15) is 12.4 Å². The Kier molecular flexibility index (Phi) is 7.13. The lowest BCUT2D eigenvalue weighted by molar-refractivity contribution is -0.127.